The Morgan fingerprint density at radius 2 is 1.83 bits per heavy atom. The van der Waals surface area contributed by atoms with Crippen LogP contribution in [-0.2, 0) is 35.6 Å². The largest absolute Gasteiger partial charge is 0.445 e. The number of carbonyl (C=O) groups excluding carboxylic acids is 2. The normalized spacial score (nSPS) is 15.9. The van der Waals surface area contributed by atoms with Crippen LogP contribution in [0.25, 0.3) is 10.9 Å². The van der Waals surface area contributed by atoms with Gasteiger partial charge in [0.15, 0.2) is 0 Å². The van der Waals surface area contributed by atoms with Crippen molar-refractivity contribution in [1.29, 1.82) is 0 Å². The molecule has 2 heterocycles. The van der Waals surface area contributed by atoms with Crippen LogP contribution in [0, 0.1) is 0 Å². The average molecular weight is 489 g/mol. The summed E-state index contributed by atoms with van der Waals surface area (Å²) in [5.41, 5.74) is 4.71. The number of ether oxygens (including phenoxy) is 1. The molecular formula is C27H25ClN4O3. The van der Waals surface area contributed by atoms with Gasteiger partial charge in [0.2, 0.25) is 5.91 Å². The van der Waals surface area contributed by atoms with E-state index in [1.807, 2.05) is 66.7 Å². The fourth-order valence-corrected chi connectivity index (χ4v) is 4.76. The molecule has 5 rings (SSSR count). The number of alkyl carbamates (subject to hydrolysis) is 1. The molecule has 3 aromatic carbocycles. The first-order valence-electron chi connectivity index (χ1n) is 11.5. The second-order valence-electron chi connectivity index (χ2n) is 8.63. The third-order valence-electron chi connectivity index (χ3n) is 6.27. The Morgan fingerprint density at radius 3 is 2.57 bits per heavy atom. The first-order chi connectivity index (χ1) is 17.1. The van der Waals surface area contributed by atoms with Crippen LogP contribution in [0.4, 0.5) is 4.79 Å². The number of H-pyrrole nitrogens is 1. The lowest BCUT2D eigenvalue weighted by atomic mass is 9.94. The minimum atomic E-state index is -0.714. The number of nitrogens with one attached hydrogen (secondary N) is 2. The molecule has 0 unspecified atom stereocenters. The van der Waals surface area contributed by atoms with E-state index in [2.05, 4.69) is 15.5 Å². The zero-order chi connectivity index (χ0) is 24.2. The van der Waals surface area contributed by atoms with Crippen molar-refractivity contribution in [2.45, 2.75) is 38.6 Å². The van der Waals surface area contributed by atoms with Crippen molar-refractivity contribution in [1.82, 2.24) is 20.4 Å². The number of aromatic amines is 1. The summed E-state index contributed by atoms with van der Waals surface area (Å²) in [4.78, 5) is 28.0. The van der Waals surface area contributed by atoms with Crippen molar-refractivity contribution < 1.29 is 14.3 Å². The summed E-state index contributed by atoms with van der Waals surface area (Å²) in [5.74, 6) is -0.150. The van der Waals surface area contributed by atoms with Gasteiger partial charge in [-0.25, -0.2) is 4.79 Å². The van der Waals surface area contributed by atoms with E-state index in [4.69, 9.17) is 16.3 Å². The molecule has 178 valence electrons. The highest BCUT2D eigenvalue weighted by Crippen LogP contribution is 2.32. The predicted octanol–water partition coefficient (Wildman–Crippen LogP) is 4.99. The Labute approximate surface area is 208 Å². The van der Waals surface area contributed by atoms with Crippen molar-refractivity contribution in [3.05, 3.63) is 100 Å². The molecule has 0 aliphatic carbocycles. The molecule has 0 fully saturated rings. The lowest BCUT2D eigenvalue weighted by Crippen LogP contribution is -2.49. The third kappa shape index (κ3) is 5.15. The van der Waals surface area contributed by atoms with E-state index in [0.29, 0.717) is 31.0 Å². The number of nitrogens with zero attached hydrogens (tertiary/aromatic N) is 2. The van der Waals surface area contributed by atoms with Gasteiger partial charge in [-0.3, -0.25) is 9.89 Å². The average Bonchev–Trinajstić information content (AvgIpc) is 3.37. The highest BCUT2D eigenvalue weighted by atomic mass is 35.5. The Bertz CT molecular complexity index is 1340. The first-order valence-corrected chi connectivity index (χ1v) is 11.9. The van der Waals surface area contributed by atoms with Gasteiger partial charge in [0, 0.05) is 18.5 Å². The number of carbonyl (C=O) groups is 2. The molecular weight excluding hydrogens is 464 g/mol. The summed E-state index contributed by atoms with van der Waals surface area (Å²) < 4.78 is 5.39. The highest BCUT2D eigenvalue weighted by molar-refractivity contribution is 6.35. The Kier molecular flexibility index (Phi) is 6.68. The molecule has 0 saturated carbocycles. The van der Waals surface area contributed by atoms with E-state index >= 15 is 0 Å². The molecule has 1 atom stereocenters. The fourth-order valence-electron chi connectivity index (χ4n) is 4.48. The lowest BCUT2D eigenvalue weighted by molar-refractivity contribution is -0.135. The molecule has 1 aliphatic rings. The number of halogens is 1. The number of rotatable bonds is 5. The molecule has 35 heavy (non-hydrogen) atoms. The van der Waals surface area contributed by atoms with E-state index < -0.39 is 12.1 Å². The van der Waals surface area contributed by atoms with Crippen molar-refractivity contribution in [3.8, 4) is 0 Å². The van der Waals surface area contributed by atoms with Gasteiger partial charge in [-0.05, 0) is 41.2 Å². The van der Waals surface area contributed by atoms with Gasteiger partial charge in [-0.1, -0.05) is 72.3 Å². The molecule has 0 bridgehead atoms. The molecule has 0 saturated heterocycles. The van der Waals surface area contributed by atoms with Crippen molar-refractivity contribution in [2.75, 3.05) is 0 Å². The maximum Gasteiger partial charge on any atom is 0.408 e. The van der Waals surface area contributed by atoms with Crippen LogP contribution in [0.15, 0.2) is 72.9 Å². The van der Waals surface area contributed by atoms with Crippen LogP contribution in [0.3, 0.4) is 0 Å². The maximum absolute atomic E-state index is 13.7. The smallest absolute Gasteiger partial charge is 0.408 e. The quantitative estimate of drug-likeness (QED) is 0.414. The van der Waals surface area contributed by atoms with Crippen molar-refractivity contribution >= 4 is 34.5 Å². The first kappa shape index (κ1) is 22.9. The standard InChI is InChI=1S/C27H25ClN4O3/c28-23-13-20-11-12-24(30-27(34)35-17-19-9-5-2-6-10-19)26(33)32(15-18-7-3-1-4-8-18)16-22(20)21-14-29-31-25(21)23/h1-10,13-14,24H,11-12,15-17H2,(H,29,31)(H,30,34)/t24-/m1/s1. The van der Waals surface area contributed by atoms with Gasteiger partial charge in [0.05, 0.1) is 16.7 Å². The number of fused-ring (bicyclic) bond motifs is 3. The molecule has 1 aliphatic heterocycles. The summed E-state index contributed by atoms with van der Waals surface area (Å²) in [5, 5.41) is 11.4. The number of hydrogen-bond donors (Lipinski definition) is 2. The second kappa shape index (κ2) is 10.2. The Hall–Kier alpha value is -3.84. The molecule has 2 amide bonds. The molecule has 2 N–H and O–H groups in total. The molecule has 0 radical (unpaired) electrons. The number of hydrogen-bond acceptors (Lipinski definition) is 4. The molecule has 8 heteroatoms. The van der Waals surface area contributed by atoms with E-state index in [9.17, 15) is 9.59 Å². The second-order valence-corrected chi connectivity index (χ2v) is 9.04. The number of amides is 2. The summed E-state index contributed by atoms with van der Waals surface area (Å²) in [6.07, 6.45) is 2.15. The van der Waals surface area contributed by atoms with Gasteiger partial charge in [-0.15, -0.1) is 0 Å². The summed E-state index contributed by atoms with van der Waals surface area (Å²) in [7, 11) is 0. The van der Waals surface area contributed by atoms with E-state index in [1.165, 1.54) is 0 Å². The minimum absolute atomic E-state index is 0.137. The van der Waals surface area contributed by atoms with Gasteiger partial charge in [0.25, 0.3) is 0 Å². The summed E-state index contributed by atoms with van der Waals surface area (Å²) in [6.45, 7) is 0.935. The van der Waals surface area contributed by atoms with Gasteiger partial charge in [0.1, 0.15) is 12.6 Å². The van der Waals surface area contributed by atoms with Crippen molar-refractivity contribution in [2.24, 2.45) is 0 Å². The predicted molar refractivity (Wildman–Crippen MR) is 134 cm³/mol. The van der Waals surface area contributed by atoms with E-state index in [0.717, 1.165) is 33.2 Å². The molecule has 4 aromatic rings. The van der Waals surface area contributed by atoms with Crippen LogP contribution in [0.1, 0.15) is 28.7 Å². The molecule has 0 spiro atoms. The highest BCUT2D eigenvalue weighted by Gasteiger charge is 2.30. The minimum Gasteiger partial charge on any atom is -0.445 e. The fraction of sp³-hybridized carbons (Fsp3) is 0.222. The Balaban J connectivity index is 1.41. The maximum atomic E-state index is 13.7. The van der Waals surface area contributed by atoms with Gasteiger partial charge < -0.3 is 15.0 Å². The third-order valence-corrected chi connectivity index (χ3v) is 6.57. The van der Waals surface area contributed by atoms with Gasteiger partial charge in [-0.2, -0.15) is 5.10 Å². The zero-order valence-electron chi connectivity index (χ0n) is 19.0. The topological polar surface area (TPSA) is 87.3 Å². The number of aryl methyl sites for hydroxylation is 1. The summed E-state index contributed by atoms with van der Waals surface area (Å²) in [6, 6.07) is 20.5. The summed E-state index contributed by atoms with van der Waals surface area (Å²) >= 11 is 6.50. The number of aromatic nitrogens is 2. The van der Waals surface area contributed by atoms with Crippen LogP contribution in [0.2, 0.25) is 5.02 Å². The van der Waals surface area contributed by atoms with Crippen LogP contribution in [-0.4, -0.2) is 33.1 Å². The lowest BCUT2D eigenvalue weighted by Gasteiger charge is -2.31. The monoisotopic (exact) mass is 488 g/mol. The zero-order valence-corrected chi connectivity index (χ0v) is 19.8. The van der Waals surface area contributed by atoms with Crippen LogP contribution >= 0.6 is 11.6 Å². The molecule has 1 aromatic heterocycles. The van der Waals surface area contributed by atoms with Crippen molar-refractivity contribution in [3.63, 3.8) is 0 Å². The van der Waals surface area contributed by atoms with Crippen LogP contribution in [0.5, 0.6) is 0 Å². The van der Waals surface area contributed by atoms with Gasteiger partial charge >= 0.3 is 6.09 Å². The number of benzene rings is 3. The van der Waals surface area contributed by atoms with E-state index in [-0.39, 0.29) is 12.5 Å². The van der Waals surface area contributed by atoms with E-state index in [1.54, 1.807) is 11.1 Å². The Morgan fingerprint density at radius 1 is 1.11 bits per heavy atom. The van der Waals surface area contributed by atoms with Crippen LogP contribution < -0.4 is 5.32 Å². The molecule has 7 nitrogen and oxygen atoms in total. The SMILES string of the molecule is O=C(N[C@@H]1CCc2cc(Cl)c3[nH]ncc3c2CN(Cc2ccccc2)C1=O)OCc1ccccc1.